The molecule has 14 nitrogen and oxygen atoms in total. The van der Waals surface area contributed by atoms with Crippen molar-refractivity contribution in [3.8, 4) is 0 Å². The number of likely N-dealkylation sites (tertiary alicyclic amines) is 1. The van der Waals surface area contributed by atoms with Crippen molar-refractivity contribution in [1.82, 2.24) is 24.5 Å². The van der Waals surface area contributed by atoms with Gasteiger partial charge >= 0.3 is 18.2 Å². The molecule has 0 aromatic heterocycles. The molecule has 3 aliphatic carbocycles. The number of amides is 8. The van der Waals surface area contributed by atoms with Crippen molar-refractivity contribution in [2.45, 2.75) is 102 Å². The quantitative estimate of drug-likeness (QED) is 0.259. The summed E-state index contributed by atoms with van der Waals surface area (Å²) in [5.74, 6) is -1.81. The van der Waals surface area contributed by atoms with Gasteiger partial charge in [0.2, 0.25) is 0 Å². The van der Waals surface area contributed by atoms with Crippen LogP contribution in [0.15, 0.2) is 11.4 Å². The molecule has 6 rings (SSSR count). The van der Waals surface area contributed by atoms with Crippen LogP contribution in [0.25, 0.3) is 0 Å². The predicted octanol–water partition coefficient (Wildman–Crippen LogP) is 2.32. The molecule has 0 atom stereocenters. The molecule has 0 bridgehead atoms. The number of carbonyl (C=O) groups is 6. The van der Waals surface area contributed by atoms with Gasteiger partial charge in [-0.25, -0.2) is 14.4 Å². The first-order valence-electron chi connectivity index (χ1n) is 16.6. The van der Waals surface area contributed by atoms with E-state index in [1.54, 1.807) is 9.80 Å². The second-order valence-electron chi connectivity index (χ2n) is 15.5. The van der Waals surface area contributed by atoms with E-state index in [1.807, 2.05) is 20.8 Å². The van der Waals surface area contributed by atoms with Crippen LogP contribution in [0.3, 0.4) is 0 Å². The van der Waals surface area contributed by atoms with Gasteiger partial charge in [-0.3, -0.25) is 29.1 Å². The number of carbonyl (C=O) groups excluding carboxylic acids is 6. The van der Waals surface area contributed by atoms with Gasteiger partial charge in [-0.05, 0) is 83.5 Å². The minimum absolute atomic E-state index is 0.0446. The number of imide groups is 3. The van der Waals surface area contributed by atoms with Crippen LogP contribution in [0.2, 0.25) is 0 Å². The zero-order valence-electron chi connectivity index (χ0n) is 27.4. The summed E-state index contributed by atoms with van der Waals surface area (Å²) >= 11 is 0. The van der Waals surface area contributed by atoms with Crippen molar-refractivity contribution >= 4 is 35.9 Å². The zero-order chi connectivity index (χ0) is 33.3. The fourth-order valence-electron chi connectivity index (χ4n) is 8.74. The van der Waals surface area contributed by atoms with Gasteiger partial charge in [-0.2, -0.15) is 0 Å². The summed E-state index contributed by atoms with van der Waals surface area (Å²) < 4.78 is 5.45. The largest absolute Gasteiger partial charge is 0.444 e. The molecule has 0 unspecified atom stereocenters. The maximum absolute atomic E-state index is 13.7. The van der Waals surface area contributed by atoms with Crippen molar-refractivity contribution in [1.29, 1.82) is 0 Å². The van der Waals surface area contributed by atoms with Crippen LogP contribution in [-0.4, -0.2) is 111 Å². The van der Waals surface area contributed by atoms with E-state index >= 15 is 0 Å². The summed E-state index contributed by atoms with van der Waals surface area (Å²) in [6.45, 7) is 6.99. The maximum atomic E-state index is 13.7. The lowest BCUT2D eigenvalue weighted by molar-refractivity contribution is -0.151. The molecule has 2 spiro atoms. The summed E-state index contributed by atoms with van der Waals surface area (Å²) in [6.07, 6.45) is 6.94. The van der Waals surface area contributed by atoms with Crippen molar-refractivity contribution < 1.29 is 33.5 Å². The molecule has 252 valence electrons. The van der Waals surface area contributed by atoms with Crippen molar-refractivity contribution in [2.75, 3.05) is 33.2 Å². The van der Waals surface area contributed by atoms with E-state index in [2.05, 4.69) is 0 Å². The Bertz CT molecular complexity index is 1370. The zero-order valence-corrected chi connectivity index (χ0v) is 27.4. The summed E-state index contributed by atoms with van der Waals surface area (Å²) in [5.41, 5.74) is 9.54. The Morgan fingerprint density at radius 2 is 1.48 bits per heavy atom. The highest BCUT2D eigenvalue weighted by Crippen LogP contribution is 2.61. The van der Waals surface area contributed by atoms with E-state index in [0.717, 1.165) is 30.6 Å². The van der Waals surface area contributed by atoms with Gasteiger partial charge in [0, 0.05) is 45.2 Å². The monoisotopic (exact) mass is 641 g/mol. The number of hydrogen-bond donors (Lipinski definition) is 2. The number of rotatable bonds is 5. The molecule has 6 fully saturated rings. The minimum Gasteiger partial charge on any atom is -0.444 e. The molecule has 3 heterocycles. The molecule has 3 aliphatic heterocycles. The molecule has 6 aliphatic rings. The van der Waals surface area contributed by atoms with Gasteiger partial charge in [0.1, 0.15) is 22.5 Å². The molecule has 8 amide bonds. The Kier molecular flexibility index (Phi) is 7.78. The predicted molar refractivity (Wildman–Crippen MR) is 164 cm³/mol. The third-order valence-electron chi connectivity index (χ3n) is 11.0. The molecule has 46 heavy (non-hydrogen) atoms. The first kappa shape index (κ1) is 32.1. The molecule has 0 aromatic rings. The van der Waals surface area contributed by atoms with E-state index in [-0.39, 0.29) is 53.2 Å². The van der Waals surface area contributed by atoms with Gasteiger partial charge in [0.15, 0.2) is 0 Å². The Labute approximate surface area is 269 Å². The Balaban J connectivity index is 1.11. The summed E-state index contributed by atoms with van der Waals surface area (Å²) in [4.78, 5) is 86.3. The lowest BCUT2D eigenvalue weighted by Crippen LogP contribution is -2.67. The first-order valence-corrected chi connectivity index (χ1v) is 16.6. The van der Waals surface area contributed by atoms with Crippen LogP contribution in [0.1, 0.15) is 85.0 Å². The second-order valence-corrected chi connectivity index (χ2v) is 15.5. The first-order chi connectivity index (χ1) is 21.6. The second kappa shape index (κ2) is 11.2. The van der Waals surface area contributed by atoms with Crippen LogP contribution >= 0.6 is 0 Å². The van der Waals surface area contributed by atoms with E-state index in [0.29, 0.717) is 58.2 Å². The minimum atomic E-state index is -0.920. The molecule has 0 radical (unpaired) electrons. The van der Waals surface area contributed by atoms with Gasteiger partial charge < -0.3 is 26.0 Å². The topological polar surface area (TPSA) is 180 Å². The average Bonchev–Trinajstić information content (AvgIpc) is 3.50. The fourth-order valence-corrected chi connectivity index (χ4v) is 8.74. The molecule has 0 aromatic carbocycles. The van der Waals surface area contributed by atoms with Crippen LogP contribution in [0.5, 0.6) is 0 Å². The van der Waals surface area contributed by atoms with E-state index in [1.165, 1.54) is 16.8 Å². The number of urea groups is 2. The van der Waals surface area contributed by atoms with Gasteiger partial charge in [-0.1, -0.05) is 12.8 Å². The van der Waals surface area contributed by atoms with Crippen LogP contribution in [-0.2, 0) is 19.1 Å². The lowest BCUT2D eigenvalue weighted by Gasteiger charge is -2.59. The number of hydrogen-bond acceptors (Lipinski definition) is 9. The normalized spacial score (nSPS) is 31.0. The maximum Gasteiger partial charge on any atom is 0.410 e. The Hall–Kier alpha value is -3.84. The number of likely N-dealkylation sites (N-methyl/N-ethyl adjacent to an activating group) is 1. The van der Waals surface area contributed by atoms with Crippen LogP contribution < -0.4 is 11.5 Å². The highest BCUT2D eigenvalue weighted by molar-refractivity contribution is 6.29. The molecular weight excluding hydrogens is 594 g/mol. The molecule has 3 saturated carbocycles. The third-order valence-corrected chi connectivity index (χ3v) is 11.0. The summed E-state index contributed by atoms with van der Waals surface area (Å²) in [5, 5.41) is 0. The average molecular weight is 642 g/mol. The third kappa shape index (κ3) is 5.26. The highest BCUT2D eigenvalue weighted by atomic mass is 16.6. The van der Waals surface area contributed by atoms with Gasteiger partial charge in [0.25, 0.3) is 17.7 Å². The lowest BCUT2D eigenvalue weighted by atomic mass is 9.51. The number of nitrogens with two attached hydrogens (primary N) is 2. The van der Waals surface area contributed by atoms with Crippen LogP contribution in [0.4, 0.5) is 14.4 Å². The van der Waals surface area contributed by atoms with Crippen LogP contribution in [0, 0.1) is 17.3 Å². The Morgan fingerprint density at radius 1 is 0.870 bits per heavy atom. The van der Waals surface area contributed by atoms with Crippen molar-refractivity contribution in [3.63, 3.8) is 0 Å². The molecule has 4 N–H and O–H groups in total. The molecule has 3 saturated heterocycles. The van der Waals surface area contributed by atoms with Gasteiger partial charge in [-0.15, -0.1) is 0 Å². The van der Waals surface area contributed by atoms with E-state index in [4.69, 9.17) is 16.2 Å². The highest BCUT2D eigenvalue weighted by Gasteiger charge is 2.68. The SMILES string of the molecule is CN1C(=O)N(CC2CN(C(=O)OC(C)(C)C)C2)C2(CC3(CCC(N4C(=O)C(=C(N)N)C(=O)N(CC5CCCC5)C4=O)CC3)C2)C1=O. The summed E-state index contributed by atoms with van der Waals surface area (Å²) in [6, 6.07) is -1.35. The number of nitrogens with zero attached hydrogens (tertiary/aromatic N) is 5. The smallest absolute Gasteiger partial charge is 0.410 e. The van der Waals surface area contributed by atoms with E-state index in [9.17, 15) is 28.8 Å². The van der Waals surface area contributed by atoms with Crippen molar-refractivity contribution in [3.05, 3.63) is 11.4 Å². The number of barbiturate groups is 1. The van der Waals surface area contributed by atoms with Crippen molar-refractivity contribution in [2.24, 2.45) is 28.7 Å². The van der Waals surface area contributed by atoms with Gasteiger partial charge in [0.05, 0.1) is 0 Å². The molecular formula is C32H47N7O7. The standard InChI is InChI=1S/C32H47N7O7/c1-30(2,3)46-29(45)36-13-20(14-36)16-38-27(43)35(4)26(42)32(38)17-31(18-32)11-9-21(10-12-31)39-25(41)22(23(33)34)24(40)37(28(39)44)15-19-7-5-6-8-19/h19-21H,5-18,33-34H2,1-4H3. The molecule has 14 heteroatoms. The Morgan fingerprint density at radius 3 is 2.04 bits per heavy atom. The number of ether oxygens (including phenoxy) is 1. The fraction of sp³-hybridized carbons (Fsp3) is 0.750. The summed E-state index contributed by atoms with van der Waals surface area (Å²) in [7, 11) is 1.52. The van der Waals surface area contributed by atoms with E-state index < -0.39 is 35.0 Å².